The first-order chi connectivity index (χ1) is 8.89. The number of nitrogen functional groups attached to an aromatic ring is 1. The van der Waals surface area contributed by atoms with E-state index < -0.39 is 31.3 Å². The average Bonchev–Trinajstić information content (AvgIpc) is 2.41. The van der Waals surface area contributed by atoms with Crippen LogP contribution in [0.4, 0.5) is 5.69 Å². The van der Waals surface area contributed by atoms with Gasteiger partial charge >= 0.3 is 0 Å². The molecule has 0 radical (unpaired) electrons. The summed E-state index contributed by atoms with van der Waals surface area (Å²) >= 11 is 11.6. The number of hydrogen-bond acceptors (Lipinski definition) is 5. The van der Waals surface area contributed by atoms with Crippen LogP contribution in [0.5, 0.6) is 0 Å². The van der Waals surface area contributed by atoms with Crippen molar-refractivity contribution in [1.29, 1.82) is 0 Å². The highest BCUT2D eigenvalue weighted by Crippen LogP contribution is 2.29. The summed E-state index contributed by atoms with van der Waals surface area (Å²) < 4.78 is 0. The van der Waals surface area contributed by atoms with E-state index in [1.54, 1.807) is 0 Å². The van der Waals surface area contributed by atoms with Gasteiger partial charge in [-0.3, -0.25) is 4.79 Å². The first-order valence-electron chi connectivity index (χ1n) is 5.28. The van der Waals surface area contributed by atoms with Crippen LogP contribution in [0.1, 0.15) is 10.4 Å². The van der Waals surface area contributed by atoms with E-state index in [-0.39, 0.29) is 21.3 Å². The molecule has 0 heterocycles. The summed E-state index contributed by atoms with van der Waals surface area (Å²) in [4.78, 5) is 12.0. The van der Waals surface area contributed by atoms with E-state index in [9.17, 15) is 4.79 Å². The molecule has 1 amide bonds. The fraction of sp³-hybridized carbons (Fsp3) is 0.364. The lowest BCUT2D eigenvalue weighted by Crippen LogP contribution is -2.57. The number of carbonyl (C=O) groups excluding carboxylic acids is 1. The third-order valence-electron chi connectivity index (χ3n) is 2.61. The van der Waals surface area contributed by atoms with E-state index in [1.165, 1.54) is 12.1 Å². The minimum Gasteiger partial charge on any atom is -0.397 e. The van der Waals surface area contributed by atoms with Gasteiger partial charge in [0.2, 0.25) is 0 Å². The van der Waals surface area contributed by atoms with Crippen molar-refractivity contribution in [2.24, 2.45) is 0 Å². The van der Waals surface area contributed by atoms with Gasteiger partial charge in [0.25, 0.3) is 5.91 Å². The molecule has 0 spiro atoms. The maximum Gasteiger partial charge on any atom is 0.252 e. The molecule has 0 aromatic heterocycles. The molecule has 0 fully saturated rings. The fourth-order valence-corrected chi connectivity index (χ4v) is 1.66. The molecule has 106 valence electrons. The Morgan fingerprint density at radius 2 is 1.74 bits per heavy atom. The number of carbonyl (C=O) groups is 1. The minimum absolute atomic E-state index is 0.103. The Morgan fingerprint density at radius 3 is 2.16 bits per heavy atom. The second kappa shape index (κ2) is 6.40. The van der Waals surface area contributed by atoms with Crippen molar-refractivity contribution >= 4 is 34.8 Å². The van der Waals surface area contributed by atoms with Crippen molar-refractivity contribution in [3.8, 4) is 0 Å². The SMILES string of the molecule is Nc1cc(C(=O)NC(CO)(CO)CO)cc(Cl)c1Cl. The number of nitrogens with one attached hydrogen (secondary N) is 1. The van der Waals surface area contributed by atoms with Crippen molar-refractivity contribution < 1.29 is 20.1 Å². The lowest BCUT2D eigenvalue weighted by Gasteiger charge is -2.28. The Bertz CT molecular complexity index is 446. The van der Waals surface area contributed by atoms with Crippen LogP contribution in [0.3, 0.4) is 0 Å². The van der Waals surface area contributed by atoms with Crippen molar-refractivity contribution in [3.63, 3.8) is 0 Å². The second-order valence-corrected chi connectivity index (χ2v) is 4.86. The number of amides is 1. The van der Waals surface area contributed by atoms with Crippen LogP contribution in [0.25, 0.3) is 0 Å². The van der Waals surface area contributed by atoms with Crippen LogP contribution in [0.15, 0.2) is 12.1 Å². The molecule has 1 aromatic rings. The van der Waals surface area contributed by atoms with Crippen molar-refractivity contribution in [2.75, 3.05) is 25.6 Å². The maximum atomic E-state index is 12.0. The second-order valence-electron chi connectivity index (χ2n) is 4.07. The Morgan fingerprint density at radius 1 is 1.21 bits per heavy atom. The number of hydrogen-bond donors (Lipinski definition) is 5. The molecule has 0 unspecified atom stereocenters. The fourth-order valence-electron chi connectivity index (χ4n) is 1.32. The van der Waals surface area contributed by atoms with Gasteiger partial charge in [0, 0.05) is 5.56 Å². The predicted octanol–water partition coefficient (Wildman–Crippen LogP) is 0.0211. The Balaban J connectivity index is 3.01. The van der Waals surface area contributed by atoms with E-state index in [4.69, 9.17) is 44.3 Å². The van der Waals surface area contributed by atoms with Gasteiger partial charge in [0.05, 0.1) is 35.6 Å². The Kier molecular flexibility index (Phi) is 5.39. The van der Waals surface area contributed by atoms with Crippen LogP contribution in [-0.4, -0.2) is 46.6 Å². The number of aliphatic hydroxyl groups is 3. The van der Waals surface area contributed by atoms with Crippen LogP contribution in [-0.2, 0) is 0 Å². The summed E-state index contributed by atoms with van der Waals surface area (Å²) in [5.74, 6) is -0.651. The molecule has 0 aliphatic heterocycles. The van der Waals surface area contributed by atoms with E-state index in [0.717, 1.165) is 0 Å². The number of nitrogens with two attached hydrogens (primary N) is 1. The molecular weight excluding hydrogens is 295 g/mol. The van der Waals surface area contributed by atoms with Gasteiger partial charge in [-0.05, 0) is 12.1 Å². The molecule has 0 aliphatic carbocycles. The zero-order chi connectivity index (χ0) is 14.6. The monoisotopic (exact) mass is 308 g/mol. The molecule has 0 atom stereocenters. The molecule has 0 saturated carbocycles. The van der Waals surface area contributed by atoms with E-state index in [1.807, 2.05) is 0 Å². The smallest absolute Gasteiger partial charge is 0.252 e. The Labute approximate surface area is 119 Å². The summed E-state index contributed by atoms with van der Waals surface area (Å²) in [5, 5.41) is 29.9. The predicted molar refractivity (Wildman–Crippen MR) is 72.3 cm³/mol. The van der Waals surface area contributed by atoms with Crippen molar-refractivity contribution in [1.82, 2.24) is 5.32 Å². The molecule has 0 aliphatic rings. The lowest BCUT2D eigenvalue weighted by molar-refractivity contribution is 0.0375. The largest absolute Gasteiger partial charge is 0.397 e. The van der Waals surface area contributed by atoms with E-state index in [0.29, 0.717) is 0 Å². The third kappa shape index (κ3) is 3.49. The molecule has 0 saturated heterocycles. The Hall–Kier alpha value is -1.05. The van der Waals surface area contributed by atoms with Gasteiger partial charge < -0.3 is 26.4 Å². The molecule has 1 aromatic carbocycles. The molecule has 19 heavy (non-hydrogen) atoms. The molecular formula is C11H14Cl2N2O4. The van der Waals surface area contributed by atoms with Gasteiger partial charge in [0.1, 0.15) is 5.54 Å². The van der Waals surface area contributed by atoms with Crippen LogP contribution in [0, 0.1) is 0 Å². The molecule has 0 bridgehead atoms. The van der Waals surface area contributed by atoms with Crippen LogP contribution >= 0.6 is 23.2 Å². The van der Waals surface area contributed by atoms with Gasteiger partial charge in [-0.2, -0.15) is 0 Å². The van der Waals surface area contributed by atoms with Gasteiger partial charge in [0.15, 0.2) is 0 Å². The normalized spacial score (nSPS) is 11.4. The summed E-state index contributed by atoms with van der Waals surface area (Å²) in [6, 6.07) is 2.60. The van der Waals surface area contributed by atoms with E-state index in [2.05, 4.69) is 5.32 Å². The summed E-state index contributed by atoms with van der Waals surface area (Å²) in [5.41, 5.74) is 4.29. The molecule has 6 N–H and O–H groups in total. The first kappa shape index (κ1) is 16.0. The van der Waals surface area contributed by atoms with Crippen LogP contribution < -0.4 is 11.1 Å². The number of aliphatic hydroxyl groups excluding tert-OH is 3. The maximum absolute atomic E-state index is 12.0. The van der Waals surface area contributed by atoms with Gasteiger partial charge in [-0.25, -0.2) is 0 Å². The summed E-state index contributed by atoms with van der Waals surface area (Å²) in [6.07, 6.45) is 0. The van der Waals surface area contributed by atoms with Crippen molar-refractivity contribution in [2.45, 2.75) is 5.54 Å². The third-order valence-corrected chi connectivity index (χ3v) is 3.42. The standard InChI is InChI=1S/C11H14Cl2N2O4/c12-7-1-6(2-8(14)9(7)13)10(19)15-11(3-16,4-17)5-18/h1-2,16-18H,3-5,14H2,(H,15,19). The number of anilines is 1. The zero-order valence-electron chi connectivity index (χ0n) is 9.86. The topological polar surface area (TPSA) is 116 Å². The van der Waals surface area contributed by atoms with Crippen molar-refractivity contribution in [3.05, 3.63) is 27.7 Å². The highest BCUT2D eigenvalue weighted by atomic mass is 35.5. The van der Waals surface area contributed by atoms with Crippen LogP contribution in [0.2, 0.25) is 10.0 Å². The number of benzene rings is 1. The molecule has 6 nitrogen and oxygen atoms in total. The quantitative estimate of drug-likeness (QED) is 0.492. The summed E-state index contributed by atoms with van der Waals surface area (Å²) in [7, 11) is 0. The van der Waals surface area contributed by atoms with Gasteiger partial charge in [-0.1, -0.05) is 23.2 Å². The number of rotatable bonds is 5. The van der Waals surface area contributed by atoms with Gasteiger partial charge in [-0.15, -0.1) is 0 Å². The summed E-state index contributed by atoms with van der Waals surface area (Å²) in [6.45, 7) is -1.87. The average molecular weight is 309 g/mol. The highest BCUT2D eigenvalue weighted by Gasteiger charge is 2.30. The van der Waals surface area contributed by atoms with E-state index >= 15 is 0 Å². The lowest BCUT2D eigenvalue weighted by atomic mass is 10.0. The minimum atomic E-state index is -1.52. The highest BCUT2D eigenvalue weighted by molar-refractivity contribution is 6.43. The first-order valence-corrected chi connectivity index (χ1v) is 6.04. The number of halogens is 2. The molecule has 1 rings (SSSR count). The zero-order valence-corrected chi connectivity index (χ0v) is 11.4. The molecule has 8 heteroatoms.